The molecule has 1 saturated carbocycles. The normalized spacial score (nSPS) is 16.7. The first-order valence-corrected chi connectivity index (χ1v) is 10.1. The van der Waals surface area contributed by atoms with E-state index in [0.717, 1.165) is 29.8 Å². The van der Waals surface area contributed by atoms with Crippen LogP contribution in [0.4, 0.5) is 0 Å². The summed E-state index contributed by atoms with van der Waals surface area (Å²) in [5.74, 6) is 0.600. The standard InChI is InChI=1S/C21H31N7O/c1-6-18(29)24-20(3,4)14-21(5,23-13-16-10-15(2)11-22-12-16)19-25-26-27-28(19)17-8-7-9-17/h6,10-12,17,23H,1,7-9,13-14H2,2-5H3,(H,24,29). The topological polar surface area (TPSA) is 97.6 Å². The van der Waals surface area contributed by atoms with Crippen molar-refractivity contribution in [3.63, 3.8) is 0 Å². The van der Waals surface area contributed by atoms with E-state index in [4.69, 9.17) is 0 Å². The number of pyridine rings is 1. The van der Waals surface area contributed by atoms with Crippen LogP contribution in [0.5, 0.6) is 0 Å². The van der Waals surface area contributed by atoms with E-state index in [0.29, 0.717) is 19.0 Å². The minimum atomic E-state index is -0.555. The van der Waals surface area contributed by atoms with Crippen LogP contribution in [0.3, 0.4) is 0 Å². The summed E-state index contributed by atoms with van der Waals surface area (Å²) < 4.78 is 1.95. The SMILES string of the molecule is C=CC(=O)NC(C)(C)CC(C)(NCc1cncc(C)c1)c1nnnn1C1CCC1. The van der Waals surface area contributed by atoms with Crippen LogP contribution < -0.4 is 10.6 Å². The third-order valence-corrected chi connectivity index (χ3v) is 5.46. The Morgan fingerprint density at radius 2 is 2.10 bits per heavy atom. The Bertz CT molecular complexity index is 871. The molecule has 0 aromatic carbocycles. The summed E-state index contributed by atoms with van der Waals surface area (Å²) in [6, 6.07) is 2.45. The third kappa shape index (κ3) is 5.06. The molecule has 1 aliphatic rings. The molecule has 2 aromatic heterocycles. The molecule has 1 unspecified atom stereocenters. The maximum Gasteiger partial charge on any atom is 0.243 e. The van der Waals surface area contributed by atoms with Gasteiger partial charge in [-0.3, -0.25) is 9.78 Å². The fraction of sp³-hybridized carbons (Fsp3) is 0.571. The van der Waals surface area contributed by atoms with Gasteiger partial charge in [0, 0.05) is 24.5 Å². The number of hydrogen-bond acceptors (Lipinski definition) is 6. The van der Waals surface area contributed by atoms with Gasteiger partial charge in [-0.2, -0.15) is 0 Å². The Balaban J connectivity index is 1.88. The highest BCUT2D eigenvalue weighted by Gasteiger charge is 2.40. The zero-order valence-corrected chi connectivity index (χ0v) is 17.8. The number of rotatable bonds is 9. The molecule has 0 spiro atoms. The maximum atomic E-state index is 11.9. The molecule has 1 aliphatic carbocycles. The van der Waals surface area contributed by atoms with Crippen molar-refractivity contribution in [3.05, 3.63) is 48.1 Å². The molecule has 0 aliphatic heterocycles. The molecular formula is C21H31N7O. The fourth-order valence-electron chi connectivity index (χ4n) is 3.98. The second kappa shape index (κ2) is 8.41. The van der Waals surface area contributed by atoms with E-state index in [1.54, 1.807) is 0 Å². The lowest BCUT2D eigenvalue weighted by Crippen LogP contribution is -2.53. The van der Waals surface area contributed by atoms with E-state index in [2.05, 4.69) is 50.7 Å². The Kier molecular flexibility index (Phi) is 6.12. The molecule has 0 saturated heterocycles. The molecule has 0 bridgehead atoms. The second-order valence-corrected chi connectivity index (χ2v) is 8.84. The van der Waals surface area contributed by atoms with Crippen molar-refractivity contribution in [3.8, 4) is 0 Å². The lowest BCUT2D eigenvalue weighted by Gasteiger charge is -2.39. The molecule has 2 aromatic rings. The van der Waals surface area contributed by atoms with Gasteiger partial charge in [-0.25, -0.2) is 4.68 Å². The first-order valence-electron chi connectivity index (χ1n) is 10.1. The zero-order valence-electron chi connectivity index (χ0n) is 17.8. The predicted molar refractivity (Wildman–Crippen MR) is 111 cm³/mol. The van der Waals surface area contributed by atoms with E-state index >= 15 is 0 Å². The van der Waals surface area contributed by atoms with Crippen molar-refractivity contribution >= 4 is 5.91 Å². The smallest absolute Gasteiger partial charge is 0.243 e. The van der Waals surface area contributed by atoms with E-state index in [1.807, 2.05) is 37.8 Å². The summed E-state index contributed by atoms with van der Waals surface area (Å²) >= 11 is 0. The van der Waals surface area contributed by atoms with Crippen LogP contribution >= 0.6 is 0 Å². The summed E-state index contributed by atoms with van der Waals surface area (Å²) in [7, 11) is 0. The van der Waals surface area contributed by atoms with E-state index in [9.17, 15) is 4.79 Å². The summed E-state index contributed by atoms with van der Waals surface area (Å²) in [5, 5.41) is 19.3. The first-order chi connectivity index (χ1) is 13.7. The van der Waals surface area contributed by atoms with Gasteiger partial charge >= 0.3 is 0 Å². The number of carbonyl (C=O) groups is 1. The minimum absolute atomic E-state index is 0.196. The van der Waals surface area contributed by atoms with Crippen LogP contribution in [0.2, 0.25) is 0 Å². The minimum Gasteiger partial charge on any atom is -0.348 e. The van der Waals surface area contributed by atoms with Crippen molar-refractivity contribution in [1.82, 2.24) is 35.8 Å². The van der Waals surface area contributed by atoms with Gasteiger partial charge in [-0.1, -0.05) is 12.6 Å². The molecule has 156 valence electrons. The lowest BCUT2D eigenvalue weighted by molar-refractivity contribution is -0.118. The lowest BCUT2D eigenvalue weighted by atomic mass is 9.83. The van der Waals surface area contributed by atoms with Crippen LogP contribution in [0, 0.1) is 6.92 Å². The van der Waals surface area contributed by atoms with Crippen molar-refractivity contribution in [2.45, 2.75) is 77.0 Å². The Labute approximate surface area is 172 Å². The van der Waals surface area contributed by atoms with Gasteiger partial charge in [0.05, 0.1) is 11.6 Å². The summed E-state index contributed by atoms with van der Waals surface area (Å²) in [4.78, 5) is 16.2. The number of tetrazole rings is 1. The van der Waals surface area contributed by atoms with Crippen molar-refractivity contribution < 1.29 is 4.79 Å². The molecule has 0 radical (unpaired) electrons. The summed E-state index contributed by atoms with van der Waals surface area (Å²) in [5.41, 5.74) is 1.16. The fourth-order valence-corrected chi connectivity index (χ4v) is 3.98. The van der Waals surface area contributed by atoms with Crippen molar-refractivity contribution in [2.75, 3.05) is 0 Å². The molecular weight excluding hydrogens is 366 g/mol. The number of carbonyl (C=O) groups excluding carboxylic acids is 1. The largest absolute Gasteiger partial charge is 0.348 e. The average Bonchev–Trinajstić information content (AvgIpc) is 3.07. The highest BCUT2D eigenvalue weighted by Crippen LogP contribution is 2.36. The molecule has 8 nitrogen and oxygen atoms in total. The molecule has 1 amide bonds. The van der Waals surface area contributed by atoms with Gasteiger partial charge < -0.3 is 10.6 Å². The first kappa shape index (κ1) is 21.1. The number of aromatic nitrogens is 5. The molecule has 8 heteroatoms. The quantitative estimate of drug-likeness (QED) is 0.631. The number of nitrogens with one attached hydrogen (secondary N) is 2. The number of nitrogens with zero attached hydrogens (tertiary/aromatic N) is 5. The second-order valence-electron chi connectivity index (χ2n) is 8.84. The Morgan fingerprint density at radius 3 is 2.72 bits per heavy atom. The van der Waals surface area contributed by atoms with Crippen LogP contribution in [-0.4, -0.2) is 36.6 Å². The molecule has 3 rings (SSSR count). The van der Waals surface area contributed by atoms with Gasteiger partial charge in [0.1, 0.15) is 0 Å². The third-order valence-electron chi connectivity index (χ3n) is 5.46. The molecule has 29 heavy (non-hydrogen) atoms. The molecule has 1 atom stereocenters. The summed E-state index contributed by atoms with van der Waals surface area (Å²) in [6.07, 6.45) is 8.98. The van der Waals surface area contributed by atoms with Crippen LogP contribution in [0.25, 0.3) is 0 Å². The van der Waals surface area contributed by atoms with E-state index in [-0.39, 0.29) is 5.91 Å². The van der Waals surface area contributed by atoms with E-state index in [1.165, 1.54) is 12.5 Å². The Morgan fingerprint density at radius 1 is 1.34 bits per heavy atom. The van der Waals surface area contributed by atoms with Crippen molar-refractivity contribution in [2.24, 2.45) is 0 Å². The highest BCUT2D eigenvalue weighted by molar-refractivity contribution is 5.87. The van der Waals surface area contributed by atoms with Crippen LogP contribution in [0.15, 0.2) is 31.1 Å². The van der Waals surface area contributed by atoms with Crippen molar-refractivity contribution in [1.29, 1.82) is 0 Å². The number of amides is 1. The van der Waals surface area contributed by atoms with Crippen LogP contribution in [-0.2, 0) is 16.9 Å². The average molecular weight is 398 g/mol. The molecule has 2 N–H and O–H groups in total. The van der Waals surface area contributed by atoms with Gasteiger partial charge in [0.25, 0.3) is 0 Å². The number of aryl methyl sites for hydroxylation is 1. The van der Waals surface area contributed by atoms with Gasteiger partial charge in [0.15, 0.2) is 5.82 Å². The van der Waals surface area contributed by atoms with Crippen LogP contribution in [0.1, 0.15) is 69.4 Å². The monoisotopic (exact) mass is 397 g/mol. The molecule has 2 heterocycles. The highest BCUT2D eigenvalue weighted by atomic mass is 16.1. The Hall–Kier alpha value is -2.61. The maximum absolute atomic E-state index is 11.9. The van der Waals surface area contributed by atoms with Gasteiger partial charge in [0.2, 0.25) is 5.91 Å². The number of hydrogen-bond donors (Lipinski definition) is 2. The summed E-state index contributed by atoms with van der Waals surface area (Å²) in [6.45, 7) is 12.3. The zero-order chi connectivity index (χ0) is 21.1. The van der Waals surface area contributed by atoms with Gasteiger partial charge in [-0.15, -0.1) is 5.10 Å². The predicted octanol–water partition coefficient (Wildman–Crippen LogP) is 2.58. The van der Waals surface area contributed by atoms with Gasteiger partial charge in [-0.05, 0) is 81.0 Å². The molecule has 1 fully saturated rings. The van der Waals surface area contributed by atoms with E-state index < -0.39 is 11.1 Å².